The number of allylic oxidation sites excluding steroid dienone is 3. The Labute approximate surface area is 198 Å². The highest BCUT2D eigenvalue weighted by Gasteiger charge is 2.35. The highest BCUT2D eigenvalue weighted by atomic mass is 16.5. The number of rotatable bonds is 7. The Morgan fingerprint density at radius 1 is 1.21 bits per heavy atom. The van der Waals surface area contributed by atoms with Gasteiger partial charge in [0, 0.05) is 37.9 Å². The van der Waals surface area contributed by atoms with E-state index in [1.807, 2.05) is 40.7 Å². The smallest absolute Gasteiger partial charge is 0.308 e. The van der Waals surface area contributed by atoms with E-state index in [2.05, 4.69) is 0 Å². The van der Waals surface area contributed by atoms with Gasteiger partial charge in [-0.3, -0.25) is 9.59 Å². The van der Waals surface area contributed by atoms with Gasteiger partial charge in [0.1, 0.15) is 12.4 Å². The number of hydrogen-bond acceptors (Lipinski definition) is 7. The van der Waals surface area contributed by atoms with Crippen LogP contribution in [0.1, 0.15) is 60.3 Å². The summed E-state index contributed by atoms with van der Waals surface area (Å²) in [6.07, 6.45) is 5.27. The van der Waals surface area contributed by atoms with Crippen molar-refractivity contribution >= 4 is 18.0 Å². The first-order valence-corrected chi connectivity index (χ1v) is 12.0. The van der Waals surface area contributed by atoms with Crippen molar-refractivity contribution in [2.24, 2.45) is 23.7 Å². The van der Waals surface area contributed by atoms with Crippen molar-refractivity contribution in [2.75, 3.05) is 20.3 Å². The molecule has 0 aromatic carbocycles. The SMILES string of the molecule is CCO[C@H]1[C@@H](CC=O)C[C@@H](C)C(=O)/C=C/C(C)=C/C(COC)[C@H](CC)OC(=O)C[C@@H](O)[C@@H]1C. The fourth-order valence-electron chi connectivity index (χ4n) is 4.46. The fourth-order valence-corrected chi connectivity index (χ4v) is 4.46. The highest BCUT2D eigenvalue weighted by molar-refractivity contribution is 5.91. The molecule has 0 fully saturated rings. The van der Waals surface area contributed by atoms with Gasteiger partial charge in [-0.1, -0.05) is 38.5 Å². The van der Waals surface area contributed by atoms with E-state index in [-0.39, 0.29) is 36.4 Å². The van der Waals surface area contributed by atoms with E-state index < -0.39 is 30.2 Å². The van der Waals surface area contributed by atoms with Crippen molar-refractivity contribution in [3.8, 4) is 0 Å². The number of carbonyl (C=O) groups excluding carboxylic acids is 3. The molecule has 0 aliphatic carbocycles. The summed E-state index contributed by atoms with van der Waals surface area (Å²) in [4.78, 5) is 36.9. The summed E-state index contributed by atoms with van der Waals surface area (Å²) in [7, 11) is 1.59. The lowest BCUT2D eigenvalue weighted by atomic mass is 9.80. The Bertz CT molecular complexity index is 684. The molecule has 0 aromatic rings. The summed E-state index contributed by atoms with van der Waals surface area (Å²) >= 11 is 0. The van der Waals surface area contributed by atoms with Gasteiger partial charge in [0.2, 0.25) is 0 Å². The van der Waals surface area contributed by atoms with E-state index in [1.54, 1.807) is 19.3 Å². The van der Waals surface area contributed by atoms with Crippen LogP contribution in [0.15, 0.2) is 23.8 Å². The third kappa shape index (κ3) is 9.51. The first kappa shape index (κ1) is 29.2. The summed E-state index contributed by atoms with van der Waals surface area (Å²) in [6, 6.07) is 0. The van der Waals surface area contributed by atoms with Crippen molar-refractivity contribution in [3.05, 3.63) is 23.8 Å². The Hall–Kier alpha value is -1.83. The Morgan fingerprint density at radius 3 is 2.48 bits per heavy atom. The van der Waals surface area contributed by atoms with Gasteiger partial charge in [0.25, 0.3) is 0 Å². The minimum Gasteiger partial charge on any atom is -0.462 e. The van der Waals surface area contributed by atoms with Gasteiger partial charge in [-0.05, 0) is 38.7 Å². The molecule has 1 aliphatic rings. The van der Waals surface area contributed by atoms with E-state index >= 15 is 0 Å². The molecule has 33 heavy (non-hydrogen) atoms. The van der Waals surface area contributed by atoms with Gasteiger partial charge in [-0.2, -0.15) is 0 Å². The first-order valence-electron chi connectivity index (χ1n) is 12.0. The molecule has 0 radical (unpaired) electrons. The molecule has 7 heteroatoms. The quantitative estimate of drug-likeness (QED) is 0.451. The molecule has 7 nitrogen and oxygen atoms in total. The monoisotopic (exact) mass is 466 g/mol. The van der Waals surface area contributed by atoms with E-state index in [9.17, 15) is 19.5 Å². The normalized spacial score (nSPS) is 35.4. The van der Waals surface area contributed by atoms with Gasteiger partial charge in [0.05, 0.1) is 25.2 Å². The predicted molar refractivity (Wildman–Crippen MR) is 127 cm³/mol. The average molecular weight is 467 g/mol. The second-order valence-corrected chi connectivity index (χ2v) is 9.05. The van der Waals surface area contributed by atoms with Crippen LogP contribution in [-0.4, -0.2) is 61.8 Å². The molecule has 0 spiro atoms. The highest BCUT2D eigenvalue weighted by Crippen LogP contribution is 2.30. The lowest BCUT2D eigenvalue weighted by Crippen LogP contribution is -2.40. The Kier molecular flexibility index (Phi) is 13.4. The lowest BCUT2D eigenvalue weighted by molar-refractivity contribution is -0.156. The molecule has 1 aliphatic heterocycles. The molecular weight excluding hydrogens is 424 g/mol. The summed E-state index contributed by atoms with van der Waals surface area (Å²) < 4.78 is 17.0. The van der Waals surface area contributed by atoms with Gasteiger partial charge < -0.3 is 24.1 Å². The Balaban J connectivity index is 3.38. The molecule has 7 atom stereocenters. The molecule has 0 aromatic heterocycles. The number of aliphatic hydroxyl groups is 1. The van der Waals surface area contributed by atoms with Crippen molar-refractivity contribution in [1.29, 1.82) is 0 Å². The minimum absolute atomic E-state index is 0.0315. The molecule has 0 saturated carbocycles. The minimum atomic E-state index is -1.00. The third-order valence-electron chi connectivity index (χ3n) is 6.37. The molecular formula is C26H42O7. The average Bonchev–Trinajstić information content (AvgIpc) is 2.77. The number of ether oxygens (including phenoxy) is 3. The Morgan fingerprint density at radius 2 is 1.91 bits per heavy atom. The van der Waals surface area contributed by atoms with Crippen molar-refractivity contribution < 1.29 is 33.7 Å². The first-order chi connectivity index (χ1) is 15.7. The second kappa shape index (κ2) is 15.1. The number of hydrogen-bond donors (Lipinski definition) is 1. The lowest BCUT2D eigenvalue weighted by Gasteiger charge is -2.34. The maximum absolute atomic E-state index is 12.8. The van der Waals surface area contributed by atoms with Crippen LogP contribution in [0.4, 0.5) is 0 Å². The van der Waals surface area contributed by atoms with Crippen LogP contribution in [-0.2, 0) is 28.6 Å². The topological polar surface area (TPSA) is 99.1 Å². The molecule has 1 rings (SSSR count). The van der Waals surface area contributed by atoms with Crippen LogP contribution in [0, 0.1) is 23.7 Å². The molecule has 0 saturated heterocycles. The summed E-state index contributed by atoms with van der Waals surface area (Å²) in [5.74, 6) is -1.70. The second-order valence-electron chi connectivity index (χ2n) is 9.05. The summed E-state index contributed by atoms with van der Waals surface area (Å²) in [5.41, 5.74) is 0.865. The van der Waals surface area contributed by atoms with Crippen molar-refractivity contribution in [2.45, 2.75) is 78.6 Å². The van der Waals surface area contributed by atoms with Gasteiger partial charge in [0.15, 0.2) is 5.78 Å². The van der Waals surface area contributed by atoms with E-state index in [4.69, 9.17) is 14.2 Å². The zero-order valence-corrected chi connectivity index (χ0v) is 21.0. The molecule has 0 bridgehead atoms. The molecule has 188 valence electrons. The number of ketones is 1. The molecule has 1 unspecified atom stereocenters. The predicted octanol–water partition coefficient (Wildman–Crippen LogP) is 3.68. The molecule has 1 N–H and O–H groups in total. The largest absolute Gasteiger partial charge is 0.462 e. The van der Waals surface area contributed by atoms with Crippen molar-refractivity contribution in [3.63, 3.8) is 0 Å². The van der Waals surface area contributed by atoms with E-state index in [1.165, 1.54) is 0 Å². The van der Waals surface area contributed by atoms with Crippen LogP contribution in [0.25, 0.3) is 0 Å². The number of aliphatic hydroxyl groups excluding tert-OH is 1. The van der Waals surface area contributed by atoms with Crippen LogP contribution < -0.4 is 0 Å². The van der Waals surface area contributed by atoms with E-state index in [0.717, 1.165) is 11.9 Å². The maximum Gasteiger partial charge on any atom is 0.308 e. The molecule has 0 amide bonds. The number of aldehydes is 1. The standard InChI is InChI=1S/C26H42O7/c1-7-24-21(16-31-6)13-17(3)9-10-22(28)18(4)14-20(11-12-27)26(32-8-2)19(5)23(29)15-25(30)33-24/h9-10,12-13,18-21,23-24,26,29H,7-8,11,14-16H2,1-6H3/b10-9+,17-13+/t18-,19+,20+,21?,23-,24+,26-/m1/s1. The third-order valence-corrected chi connectivity index (χ3v) is 6.37. The number of carbonyl (C=O) groups is 3. The van der Waals surface area contributed by atoms with E-state index in [0.29, 0.717) is 26.1 Å². The summed E-state index contributed by atoms with van der Waals surface area (Å²) in [6.45, 7) is 10.1. The van der Waals surface area contributed by atoms with Crippen LogP contribution >= 0.6 is 0 Å². The number of esters is 1. The van der Waals surface area contributed by atoms with Gasteiger partial charge in [-0.25, -0.2) is 0 Å². The van der Waals surface area contributed by atoms with Crippen LogP contribution in [0.5, 0.6) is 0 Å². The molecule has 1 heterocycles. The van der Waals surface area contributed by atoms with Crippen LogP contribution in [0.3, 0.4) is 0 Å². The number of methoxy groups -OCH3 is 1. The zero-order chi connectivity index (χ0) is 25.0. The van der Waals surface area contributed by atoms with Crippen LogP contribution in [0.2, 0.25) is 0 Å². The van der Waals surface area contributed by atoms with Gasteiger partial charge >= 0.3 is 5.97 Å². The fraction of sp³-hybridized carbons (Fsp3) is 0.731. The maximum atomic E-state index is 12.8. The summed E-state index contributed by atoms with van der Waals surface area (Å²) in [5, 5.41) is 10.8. The van der Waals surface area contributed by atoms with Crippen molar-refractivity contribution in [1.82, 2.24) is 0 Å². The number of cyclic esters (lactones) is 1. The van der Waals surface area contributed by atoms with Gasteiger partial charge in [-0.15, -0.1) is 0 Å². The zero-order valence-electron chi connectivity index (χ0n) is 21.0.